The molecule has 1 N–H and O–H groups in total. The van der Waals surface area contributed by atoms with Crippen molar-refractivity contribution in [3.05, 3.63) is 0 Å². The van der Waals surface area contributed by atoms with E-state index in [1.165, 1.54) is 51.4 Å². The van der Waals surface area contributed by atoms with Crippen LogP contribution in [-0.4, -0.2) is 16.5 Å². The number of unbranched alkanes of at least 4 members (excludes halogenated alkanes) is 10. The van der Waals surface area contributed by atoms with E-state index < -0.39 is 5.97 Å². The van der Waals surface area contributed by atoms with E-state index in [0.29, 0.717) is 11.8 Å². The minimum atomic E-state index is -0.681. The SMILES string of the molecule is CCCCCCCCCCC(Cl)CCCCCCC(=O)O. The maximum Gasteiger partial charge on any atom is 0.303 e. The molecule has 0 aromatic heterocycles. The molecule has 0 saturated carbocycles. The Morgan fingerprint density at radius 1 is 0.810 bits per heavy atom. The number of carboxylic acids is 1. The van der Waals surface area contributed by atoms with Gasteiger partial charge in [-0.05, 0) is 19.3 Å². The average Bonchev–Trinajstić information content (AvgIpc) is 2.45. The maximum absolute atomic E-state index is 10.4. The lowest BCUT2D eigenvalue weighted by molar-refractivity contribution is -0.137. The number of carboxylic acid groups (broad SMARTS) is 1. The molecular weight excluding hydrogens is 284 g/mol. The molecule has 1 atom stereocenters. The zero-order valence-electron chi connectivity index (χ0n) is 13.9. The highest BCUT2D eigenvalue weighted by atomic mass is 35.5. The number of hydrogen-bond donors (Lipinski definition) is 1. The average molecular weight is 319 g/mol. The van der Waals surface area contributed by atoms with Gasteiger partial charge in [-0.25, -0.2) is 0 Å². The Morgan fingerprint density at radius 2 is 1.24 bits per heavy atom. The van der Waals surface area contributed by atoms with E-state index in [9.17, 15) is 4.79 Å². The van der Waals surface area contributed by atoms with E-state index in [4.69, 9.17) is 16.7 Å². The third-order valence-electron chi connectivity index (χ3n) is 4.03. The van der Waals surface area contributed by atoms with Gasteiger partial charge >= 0.3 is 5.97 Å². The van der Waals surface area contributed by atoms with Crippen molar-refractivity contribution < 1.29 is 9.90 Å². The molecule has 0 spiro atoms. The molecule has 0 saturated heterocycles. The van der Waals surface area contributed by atoms with E-state index in [0.717, 1.165) is 38.5 Å². The second-order valence-corrected chi connectivity index (χ2v) is 6.82. The zero-order valence-corrected chi connectivity index (χ0v) is 14.7. The number of alkyl halides is 1. The van der Waals surface area contributed by atoms with Gasteiger partial charge in [0.2, 0.25) is 0 Å². The zero-order chi connectivity index (χ0) is 15.8. The van der Waals surface area contributed by atoms with Gasteiger partial charge in [-0.3, -0.25) is 4.79 Å². The number of hydrogen-bond acceptors (Lipinski definition) is 1. The van der Waals surface area contributed by atoms with Crippen molar-refractivity contribution >= 4 is 17.6 Å². The summed E-state index contributed by atoms with van der Waals surface area (Å²) in [5.41, 5.74) is 0. The van der Waals surface area contributed by atoms with E-state index in [-0.39, 0.29) is 0 Å². The highest BCUT2D eigenvalue weighted by molar-refractivity contribution is 6.20. The third kappa shape index (κ3) is 17.7. The van der Waals surface area contributed by atoms with E-state index in [1.54, 1.807) is 0 Å². The van der Waals surface area contributed by atoms with Gasteiger partial charge in [0.15, 0.2) is 0 Å². The highest BCUT2D eigenvalue weighted by Gasteiger charge is 2.04. The van der Waals surface area contributed by atoms with Gasteiger partial charge in [-0.1, -0.05) is 77.6 Å². The quantitative estimate of drug-likeness (QED) is 0.259. The Morgan fingerprint density at radius 3 is 1.71 bits per heavy atom. The summed E-state index contributed by atoms with van der Waals surface area (Å²) in [6, 6.07) is 0. The predicted molar refractivity (Wildman–Crippen MR) is 92.2 cm³/mol. The summed E-state index contributed by atoms with van der Waals surface area (Å²) in [7, 11) is 0. The summed E-state index contributed by atoms with van der Waals surface area (Å²) in [5.74, 6) is -0.681. The summed E-state index contributed by atoms with van der Waals surface area (Å²) in [6.07, 6.45) is 17.5. The van der Waals surface area contributed by atoms with Gasteiger partial charge in [-0.15, -0.1) is 11.6 Å². The molecule has 0 amide bonds. The summed E-state index contributed by atoms with van der Waals surface area (Å²) < 4.78 is 0. The fourth-order valence-corrected chi connectivity index (χ4v) is 2.95. The largest absolute Gasteiger partial charge is 0.481 e. The molecule has 0 heterocycles. The molecule has 0 aliphatic heterocycles. The molecule has 0 aromatic carbocycles. The summed E-state index contributed by atoms with van der Waals surface area (Å²) in [5, 5.41) is 8.86. The Bertz CT molecular complexity index is 231. The third-order valence-corrected chi connectivity index (χ3v) is 4.47. The van der Waals surface area contributed by atoms with Crippen molar-refractivity contribution in [2.24, 2.45) is 0 Å². The topological polar surface area (TPSA) is 37.3 Å². The van der Waals surface area contributed by atoms with Crippen molar-refractivity contribution in [2.75, 3.05) is 0 Å². The fourth-order valence-electron chi connectivity index (χ4n) is 2.64. The highest BCUT2D eigenvalue weighted by Crippen LogP contribution is 2.18. The Kier molecular flexibility index (Phi) is 16.0. The lowest BCUT2D eigenvalue weighted by Gasteiger charge is -2.09. The molecule has 2 nitrogen and oxygen atoms in total. The van der Waals surface area contributed by atoms with Crippen LogP contribution in [0.2, 0.25) is 0 Å². The fraction of sp³-hybridized carbons (Fsp3) is 0.944. The van der Waals surface area contributed by atoms with Crippen LogP contribution >= 0.6 is 11.6 Å². The van der Waals surface area contributed by atoms with Crippen LogP contribution in [0.5, 0.6) is 0 Å². The standard InChI is InChI=1S/C18H35ClO2/c1-2-3-4-5-6-7-8-11-14-17(19)15-12-9-10-13-16-18(20)21/h17H,2-16H2,1H3,(H,20,21). The van der Waals surface area contributed by atoms with Crippen LogP contribution in [0.4, 0.5) is 0 Å². The van der Waals surface area contributed by atoms with Crippen LogP contribution in [-0.2, 0) is 4.79 Å². The minimum Gasteiger partial charge on any atom is -0.481 e. The van der Waals surface area contributed by atoms with Gasteiger partial charge in [0.1, 0.15) is 0 Å². The van der Waals surface area contributed by atoms with Gasteiger partial charge in [-0.2, -0.15) is 0 Å². The molecular formula is C18H35ClO2. The molecule has 0 bridgehead atoms. The van der Waals surface area contributed by atoms with Gasteiger partial charge in [0.05, 0.1) is 0 Å². The molecule has 21 heavy (non-hydrogen) atoms. The van der Waals surface area contributed by atoms with Crippen LogP contribution in [0.25, 0.3) is 0 Å². The second kappa shape index (κ2) is 16.1. The van der Waals surface area contributed by atoms with Crippen molar-refractivity contribution in [1.82, 2.24) is 0 Å². The Hall–Kier alpha value is -0.240. The Labute approximate surface area is 136 Å². The number of halogens is 1. The number of rotatable bonds is 16. The molecule has 126 valence electrons. The van der Waals surface area contributed by atoms with Gasteiger partial charge in [0.25, 0.3) is 0 Å². The van der Waals surface area contributed by atoms with Crippen LogP contribution in [0.15, 0.2) is 0 Å². The van der Waals surface area contributed by atoms with E-state index >= 15 is 0 Å². The summed E-state index contributed by atoms with van der Waals surface area (Å²) >= 11 is 6.33. The first-order valence-corrected chi connectivity index (χ1v) is 9.46. The van der Waals surface area contributed by atoms with Crippen LogP contribution in [0, 0.1) is 0 Å². The number of aliphatic carboxylic acids is 1. The molecule has 0 aliphatic carbocycles. The molecule has 0 fully saturated rings. The number of carbonyl (C=O) groups is 1. The minimum absolute atomic E-state index is 0.308. The second-order valence-electron chi connectivity index (χ2n) is 6.21. The van der Waals surface area contributed by atoms with Crippen LogP contribution in [0.3, 0.4) is 0 Å². The normalized spacial score (nSPS) is 12.5. The molecule has 0 aliphatic rings. The smallest absolute Gasteiger partial charge is 0.303 e. The lowest BCUT2D eigenvalue weighted by atomic mass is 10.0. The van der Waals surface area contributed by atoms with E-state index in [1.807, 2.05) is 0 Å². The molecule has 0 aromatic rings. The van der Waals surface area contributed by atoms with Gasteiger partial charge in [0, 0.05) is 11.8 Å². The van der Waals surface area contributed by atoms with Crippen molar-refractivity contribution in [2.45, 2.75) is 109 Å². The van der Waals surface area contributed by atoms with Crippen molar-refractivity contribution in [3.8, 4) is 0 Å². The first kappa shape index (κ1) is 20.8. The molecule has 0 rings (SSSR count). The van der Waals surface area contributed by atoms with Crippen molar-refractivity contribution in [1.29, 1.82) is 0 Å². The molecule has 1 unspecified atom stereocenters. The Balaban J connectivity index is 3.16. The monoisotopic (exact) mass is 318 g/mol. The van der Waals surface area contributed by atoms with Crippen LogP contribution in [0.1, 0.15) is 103 Å². The van der Waals surface area contributed by atoms with Crippen LogP contribution < -0.4 is 0 Å². The van der Waals surface area contributed by atoms with E-state index in [2.05, 4.69) is 6.92 Å². The maximum atomic E-state index is 10.4. The van der Waals surface area contributed by atoms with Crippen molar-refractivity contribution in [3.63, 3.8) is 0 Å². The first-order valence-electron chi connectivity index (χ1n) is 9.02. The molecule has 3 heteroatoms. The molecule has 0 radical (unpaired) electrons. The summed E-state index contributed by atoms with van der Waals surface area (Å²) in [4.78, 5) is 10.4. The summed E-state index contributed by atoms with van der Waals surface area (Å²) in [6.45, 7) is 2.26. The predicted octanol–water partition coefficient (Wildman–Crippen LogP) is 6.55. The van der Waals surface area contributed by atoms with Gasteiger partial charge < -0.3 is 5.11 Å². The first-order chi connectivity index (χ1) is 10.2. The lowest BCUT2D eigenvalue weighted by Crippen LogP contribution is -1.99.